The summed E-state index contributed by atoms with van der Waals surface area (Å²) >= 11 is 0. The number of rotatable bonds is 6. The summed E-state index contributed by atoms with van der Waals surface area (Å²) in [6, 6.07) is 7.61. The zero-order chi connectivity index (χ0) is 17.9. The molecule has 1 saturated heterocycles. The first kappa shape index (κ1) is 19.4. The van der Waals surface area contributed by atoms with E-state index >= 15 is 0 Å². The summed E-state index contributed by atoms with van der Waals surface area (Å²) in [6.45, 7) is 9.41. The van der Waals surface area contributed by atoms with E-state index in [0.29, 0.717) is 18.0 Å². The van der Waals surface area contributed by atoms with E-state index in [9.17, 15) is 8.42 Å². The molecule has 5 nitrogen and oxygen atoms in total. The van der Waals surface area contributed by atoms with Gasteiger partial charge in [-0.05, 0) is 60.0 Å². The van der Waals surface area contributed by atoms with Crippen LogP contribution in [0.15, 0.2) is 29.2 Å². The quantitative estimate of drug-likeness (QED) is 0.785. The molecule has 24 heavy (non-hydrogen) atoms. The van der Waals surface area contributed by atoms with Crippen molar-refractivity contribution in [3.8, 4) is 0 Å². The minimum Gasteiger partial charge on any atom is -0.309 e. The van der Waals surface area contributed by atoms with Crippen LogP contribution >= 0.6 is 0 Å². The Morgan fingerprint density at radius 3 is 2.12 bits per heavy atom. The van der Waals surface area contributed by atoms with Gasteiger partial charge in [-0.15, -0.1) is 0 Å². The molecule has 136 valence electrons. The summed E-state index contributed by atoms with van der Waals surface area (Å²) in [5.41, 5.74) is 1.07. The van der Waals surface area contributed by atoms with Gasteiger partial charge in [0.15, 0.2) is 0 Å². The molecule has 0 aromatic heterocycles. The second-order valence-corrected chi connectivity index (χ2v) is 9.17. The van der Waals surface area contributed by atoms with E-state index in [4.69, 9.17) is 0 Å². The smallest absolute Gasteiger partial charge is 0.243 e. The zero-order valence-electron chi connectivity index (χ0n) is 15.6. The molecule has 1 aliphatic heterocycles. The molecule has 2 rings (SSSR count). The van der Waals surface area contributed by atoms with Crippen molar-refractivity contribution < 1.29 is 8.42 Å². The van der Waals surface area contributed by atoms with E-state index < -0.39 is 10.0 Å². The Kier molecular flexibility index (Phi) is 6.42. The molecule has 1 aromatic rings. The van der Waals surface area contributed by atoms with Gasteiger partial charge in [0.25, 0.3) is 0 Å². The molecule has 0 bridgehead atoms. The molecular formula is C18H31N3O2S. The topological polar surface area (TPSA) is 43.9 Å². The molecule has 0 spiro atoms. The average Bonchev–Trinajstić information content (AvgIpc) is 2.50. The fourth-order valence-electron chi connectivity index (χ4n) is 3.37. The molecule has 0 radical (unpaired) electrons. The highest BCUT2D eigenvalue weighted by molar-refractivity contribution is 7.89. The first-order valence-corrected chi connectivity index (χ1v) is 10.1. The van der Waals surface area contributed by atoms with Crippen molar-refractivity contribution in [2.75, 3.05) is 40.3 Å². The lowest BCUT2D eigenvalue weighted by molar-refractivity contribution is 0.0740. The average molecular weight is 354 g/mol. The van der Waals surface area contributed by atoms with Crippen LogP contribution < -0.4 is 0 Å². The van der Waals surface area contributed by atoms with Crippen LogP contribution in [-0.2, 0) is 10.0 Å². The molecule has 2 unspecified atom stereocenters. The van der Waals surface area contributed by atoms with Crippen molar-refractivity contribution in [3.05, 3.63) is 29.8 Å². The lowest BCUT2D eigenvalue weighted by atomic mass is 10.1. The second-order valence-electron chi connectivity index (χ2n) is 7.23. The van der Waals surface area contributed by atoms with E-state index in [0.717, 1.165) is 25.1 Å². The van der Waals surface area contributed by atoms with Crippen LogP contribution in [0.25, 0.3) is 0 Å². The highest BCUT2D eigenvalue weighted by Crippen LogP contribution is 2.23. The van der Waals surface area contributed by atoms with Gasteiger partial charge in [-0.2, -0.15) is 4.31 Å². The molecule has 1 aliphatic rings. The van der Waals surface area contributed by atoms with Crippen LogP contribution in [0, 0.1) is 6.92 Å². The maximum absolute atomic E-state index is 12.9. The van der Waals surface area contributed by atoms with Gasteiger partial charge < -0.3 is 4.90 Å². The van der Waals surface area contributed by atoms with Crippen molar-refractivity contribution >= 4 is 10.0 Å². The fraction of sp³-hybridized carbons (Fsp3) is 0.667. The predicted octanol–water partition coefficient (Wildman–Crippen LogP) is 2.03. The van der Waals surface area contributed by atoms with Crippen molar-refractivity contribution in [2.45, 2.75) is 44.2 Å². The van der Waals surface area contributed by atoms with Crippen LogP contribution in [-0.4, -0.2) is 74.9 Å². The van der Waals surface area contributed by atoms with E-state index in [1.54, 1.807) is 16.4 Å². The Hall–Kier alpha value is -0.950. The monoisotopic (exact) mass is 353 g/mol. The van der Waals surface area contributed by atoms with Crippen LogP contribution in [0.1, 0.15) is 25.8 Å². The Balaban J connectivity index is 2.06. The van der Waals surface area contributed by atoms with Crippen molar-refractivity contribution in [1.82, 2.24) is 14.1 Å². The van der Waals surface area contributed by atoms with Gasteiger partial charge in [0, 0.05) is 31.7 Å². The minimum atomic E-state index is -3.40. The lowest BCUT2D eigenvalue weighted by Gasteiger charge is -2.44. The Bertz CT molecular complexity index is 616. The molecule has 1 aromatic carbocycles. The first-order chi connectivity index (χ1) is 11.2. The van der Waals surface area contributed by atoms with E-state index in [1.807, 2.05) is 19.1 Å². The predicted molar refractivity (Wildman–Crippen MR) is 98.7 cm³/mol. The zero-order valence-corrected chi connectivity index (χ0v) is 16.4. The molecule has 6 heteroatoms. The number of sulfonamides is 1. The van der Waals surface area contributed by atoms with Gasteiger partial charge in [-0.25, -0.2) is 8.42 Å². The normalized spacial score (nSPS) is 23.8. The number of nitrogens with zero attached hydrogens (tertiary/aromatic N) is 3. The molecule has 0 saturated carbocycles. The van der Waals surface area contributed by atoms with E-state index in [1.165, 1.54) is 0 Å². The Morgan fingerprint density at radius 2 is 1.62 bits per heavy atom. The van der Waals surface area contributed by atoms with Crippen molar-refractivity contribution in [2.24, 2.45) is 0 Å². The maximum atomic E-state index is 12.9. The van der Waals surface area contributed by atoms with Gasteiger partial charge >= 0.3 is 0 Å². The summed E-state index contributed by atoms with van der Waals surface area (Å²) in [6.07, 6.45) is 1.10. The van der Waals surface area contributed by atoms with Gasteiger partial charge in [0.2, 0.25) is 10.0 Å². The molecule has 0 amide bonds. The van der Waals surface area contributed by atoms with Crippen LogP contribution in [0.4, 0.5) is 0 Å². The third-order valence-electron chi connectivity index (χ3n) is 4.75. The van der Waals surface area contributed by atoms with Crippen molar-refractivity contribution in [3.63, 3.8) is 0 Å². The van der Waals surface area contributed by atoms with E-state index in [2.05, 4.69) is 37.7 Å². The number of aryl methyl sites for hydroxylation is 1. The summed E-state index contributed by atoms with van der Waals surface area (Å²) in [7, 11) is 0.761. The third-order valence-corrected chi connectivity index (χ3v) is 6.59. The van der Waals surface area contributed by atoms with Crippen LogP contribution in [0.3, 0.4) is 0 Å². The number of hydrogen-bond acceptors (Lipinski definition) is 4. The summed E-state index contributed by atoms with van der Waals surface area (Å²) in [4.78, 5) is 5.02. The maximum Gasteiger partial charge on any atom is 0.243 e. The highest BCUT2D eigenvalue weighted by Gasteiger charge is 2.35. The van der Waals surface area contributed by atoms with Crippen molar-refractivity contribution in [1.29, 1.82) is 0 Å². The van der Waals surface area contributed by atoms with Gasteiger partial charge in [0.1, 0.15) is 0 Å². The molecule has 1 heterocycles. The molecule has 0 N–H and O–H groups in total. The summed E-state index contributed by atoms with van der Waals surface area (Å²) in [5.74, 6) is 0. The Morgan fingerprint density at radius 1 is 1.08 bits per heavy atom. The van der Waals surface area contributed by atoms with Crippen LogP contribution in [0.2, 0.25) is 0 Å². The van der Waals surface area contributed by atoms with Gasteiger partial charge in [-0.1, -0.05) is 17.7 Å². The lowest BCUT2D eigenvalue weighted by Crippen LogP contribution is -2.58. The van der Waals surface area contributed by atoms with Crippen LogP contribution in [0.5, 0.6) is 0 Å². The minimum absolute atomic E-state index is 0.233. The number of benzene rings is 1. The largest absolute Gasteiger partial charge is 0.309 e. The van der Waals surface area contributed by atoms with Gasteiger partial charge in [-0.3, -0.25) is 4.90 Å². The fourth-order valence-corrected chi connectivity index (χ4v) is 4.98. The summed E-state index contributed by atoms with van der Waals surface area (Å²) < 4.78 is 27.4. The number of hydrogen-bond donors (Lipinski definition) is 0. The Labute approximate surface area is 147 Å². The standard InChI is InChI=1S/C18H31N3O2S/c1-15-7-9-18(10-8-15)24(22,23)20-13-16(2)21(17(3)14-20)12-6-11-19(4)5/h7-10,16-17H,6,11-14H2,1-5H3. The molecular weight excluding hydrogens is 322 g/mol. The summed E-state index contributed by atoms with van der Waals surface area (Å²) in [5, 5.41) is 0. The van der Waals surface area contributed by atoms with Gasteiger partial charge in [0.05, 0.1) is 4.90 Å². The number of piperazine rings is 1. The molecule has 0 aliphatic carbocycles. The molecule has 1 fully saturated rings. The van der Waals surface area contributed by atoms with E-state index in [-0.39, 0.29) is 12.1 Å². The first-order valence-electron chi connectivity index (χ1n) is 8.69. The molecule has 2 atom stereocenters. The highest BCUT2D eigenvalue weighted by atomic mass is 32.2. The third kappa shape index (κ3) is 4.57. The second kappa shape index (κ2) is 7.95. The SMILES string of the molecule is Cc1ccc(S(=O)(=O)N2CC(C)N(CCCN(C)C)C(C)C2)cc1.